The molecule has 8 atom stereocenters. The Balaban J connectivity index is 0.000000112. The van der Waals surface area contributed by atoms with Crippen LogP contribution < -0.4 is 45.9 Å². The quantitative estimate of drug-likeness (QED) is 0.0721. The van der Waals surface area contributed by atoms with E-state index in [0.717, 1.165) is 268 Å². The highest BCUT2D eigenvalue weighted by molar-refractivity contribution is 6.34. The van der Waals surface area contributed by atoms with Crippen LogP contribution in [0.2, 0.25) is 40.2 Å². The molecule has 0 fully saturated rings. The van der Waals surface area contributed by atoms with Crippen LogP contribution in [0, 0.1) is 88.9 Å². The van der Waals surface area contributed by atoms with Gasteiger partial charge in [0.2, 0.25) is 47.3 Å². The zero-order chi connectivity index (χ0) is 101. The van der Waals surface area contributed by atoms with Crippen LogP contribution in [0.5, 0.6) is 0 Å². The molecule has 8 amide bonds. The van der Waals surface area contributed by atoms with Crippen LogP contribution in [0.1, 0.15) is 276 Å². The van der Waals surface area contributed by atoms with Gasteiger partial charge in [-0.3, -0.25) is 38.4 Å². The highest BCUT2D eigenvalue weighted by Gasteiger charge is 2.42. The molecule has 740 valence electrons. The van der Waals surface area contributed by atoms with Gasteiger partial charge in [0.25, 0.3) is 0 Å². The molecule has 16 aliphatic carbocycles. The van der Waals surface area contributed by atoms with Crippen molar-refractivity contribution in [3.05, 3.63) is 316 Å². The smallest absolute Gasteiger partial charge is 0.224 e. The molecule has 8 aromatic carbocycles. The molecule has 16 N–H and O–H groups in total. The molecule has 8 unspecified atom stereocenters. The van der Waals surface area contributed by atoms with Crippen LogP contribution >= 0.6 is 92.8 Å². The van der Waals surface area contributed by atoms with Crippen molar-refractivity contribution < 1.29 is 38.4 Å². The molecule has 16 nitrogen and oxygen atoms in total. The lowest BCUT2D eigenvalue weighted by atomic mass is 9.82. The van der Waals surface area contributed by atoms with Gasteiger partial charge in [-0.05, 0) is 531 Å². The molecule has 0 aliphatic heterocycles. The van der Waals surface area contributed by atoms with E-state index in [1.54, 1.807) is 0 Å². The third-order valence-electron chi connectivity index (χ3n) is 32.7. The number of hydrogen-bond donors (Lipinski definition) is 8. The molecule has 142 heavy (non-hydrogen) atoms. The summed E-state index contributed by atoms with van der Waals surface area (Å²) in [7, 11) is 0. The van der Waals surface area contributed by atoms with Crippen molar-refractivity contribution in [3.8, 4) is 0 Å². The molecule has 16 aliphatic rings. The van der Waals surface area contributed by atoms with Crippen molar-refractivity contribution in [2.24, 2.45) is 93.2 Å². The Morgan fingerprint density at radius 1 is 0.204 bits per heavy atom. The fraction of sp³-hybridized carbons (Fsp3) is 0.390. The Morgan fingerprint density at radius 2 is 0.380 bits per heavy atom. The van der Waals surface area contributed by atoms with Crippen LogP contribution in [0.15, 0.2) is 154 Å². The number of rotatable bonds is 8. The van der Waals surface area contributed by atoms with E-state index in [0.29, 0.717) is 0 Å². The lowest BCUT2D eigenvalue weighted by Gasteiger charge is -2.22. The van der Waals surface area contributed by atoms with Gasteiger partial charge in [0.15, 0.2) is 0 Å². The van der Waals surface area contributed by atoms with Gasteiger partial charge in [0.05, 0.1) is 47.3 Å². The van der Waals surface area contributed by atoms with Gasteiger partial charge in [-0.25, -0.2) is 0 Å². The summed E-state index contributed by atoms with van der Waals surface area (Å²) < 4.78 is 0. The number of benzene rings is 8. The Bertz CT molecular complexity index is 6340. The number of aryl methyl sites for hydroxylation is 6. The summed E-state index contributed by atoms with van der Waals surface area (Å²) in [5, 5.41) is 6.32. The van der Waals surface area contributed by atoms with Gasteiger partial charge >= 0.3 is 0 Å². The van der Waals surface area contributed by atoms with Gasteiger partial charge in [-0.15, -0.1) is 0 Å². The van der Waals surface area contributed by atoms with Crippen LogP contribution in [0.4, 0.5) is 0 Å². The minimum atomic E-state index is -0.184. The number of carbonyl (C=O) groups excluding carboxylic acids is 8. The zero-order valence-corrected chi connectivity index (χ0v) is 87.6. The number of amides is 8. The highest BCUT2D eigenvalue weighted by atomic mass is 35.5. The van der Waals surface area contributed by atoms with Crippen LogP contribution in [-0.4, -0.2) is 47.3 Å². The van der Waals surface area contributed by atoms with E-state index in [-0.39, 0.29) is 94.6 Å². The number of halogens is 8. The first-order valence-electron chi connectivity index (χ1n) is 50.2. The highest BCUT2D eigenvalue weighted by Crippen LogP contribution is 2.55. The molecule has 0 saturated heterocycles. The molecule has 0 saturated carbocycles. The van der Waals surface area contributed by atoms with Crippen molar-refractivity contribution in [1.82, 2.24) is 0 Å². The lowest BCUT2D eigenvalue weighted by Crippen LogP contribution is -2.27. The molecule has 24 rings (SSSR count). The van der Waals surface area contributed by atoms with Gasteiger partial charge < -0.3 is 45.9 Å². The minimum Gasteiger partial charge on any atom is -0.369 e. The first kappa shape index (κ1) is 103. The number of nitrogens with two attached hydrogens (primary N) is 8. The standard InChI is InChI=1S/6C15H16ClNO.2C14H14ClNO/c4*1-8-5-9-6-13-10(12(9)7-14(8)16)3-2-4-11(13)15(17)18;2*1-8-5-9(16)6-13-10-3-2-4-11(15(17)18)14(10)7-12(8)13;2*15-9-5-4-8-6-13-10(12(8)7-9)2-1-3-11(13)14(16)17/h4*5,7,11H,2-4,6H2,1H3,(H2,17,18);2*5-6,11H,2-4,7H2,1H3,(H2,17,18);2*4-5,7,11H,1-3,6H2,(H2,16,17). The molecular weight excluding hydrogens is 1940 g/mol. The van der Waals surface area contributed by atoms with Crippen LogP contribution in [0.25, 0.3) is 44.6 Å². The molecular formula is C118H124Cl8N8O8. The number of carbonyl (C=O) groups is 8. The Hall–Kier alpha value is -10.2. The predicted octanol–water partition coefficient (Wildman–Crippen LogP) is 25.3. The van der Waals surface area contributed by atoms with Crippen molar-refractivity contribution in [3.63, 3.8) is 0 Å². The third kappa shape index (κ3) is 21.0. The van der Waals surface area contributed by atoms with E-state index in [1.807, 2.05) is 76.2 Å². The lowest BCUT2D eigenvalue weighted by molar-refractivity contribution is -0.121. The van der Waals surface area contributed by atoms with Gasteiger partial charge in [-0.1, -0.05) is 129 Å². The molecule has 0 radical (unpaired) electrons. The maximum Gasteiger partial charge on any atom is 0.224 e. The average Bonchev–Trinajstić information content (AvgIpc) is 1.60. The minimum absolute atomic E-state index is 0.0649. The zero-order valence-electron chi connectivity index (χ0n) is 81.5. The average molecular weight is 2070 g/mol. The summed E-state index contributed by atoms with van der Waals surface area (Å²) in [5.41, 5.74) is 91.8. The number of hydrogen-bond acceptors (Lipinski definition) is 8. The van der Waals surface area contributed by atoms with E-state index >= 15 is 0 Å². The first-order chi connectivity index (χ1) is 67.8. The summed E-state index contributed by atoms with van der Waals surface area (Å²) in [6.45, 7) is 12.2. The first-order valence-corrected chi connectivity index (χ1v) is 53.3. The van der Waals surface area contributed by atoms with E-state index in [2.05, 4.69) is 74.5 Å². The molecule has 0 heterocycles. The van der Waals surface area contributed by atoms with E-state index in [4.69, 9.17) is 139 Å². The maximum atomic E-state index is 11.6. The second-order valence-electron chi connectivity index (χ2n) is 41.4. The maximum absolute atomic E-state index is 11.6. The largest absolute Gasteiger partial charge is 0.369 e. The second-order valence-corrected chi connectivity index (χ2v) is 44.7. The Labute approximate surface area is 872 Å². The summed E-state index contributed by atoms with van der Waals surface area (Å²) >= 11 is 49.2. The number of fused-ring (bicyclic) bond motifs is 16. The van der Waals surface area contributed by atoms with Crippen LogP contribution in [0.3, 0.4) is 0 Å². The normalized spacial score (nSPS) is 21.9. The molecule has 8 aromatic rings. The fourth-order valence-electron chi connectivity index (χ4n) is 25.8. The topological polar surface area (TPSA) is 345 Å². The van der Waals surface area contributed by atoms with Crippen molar-refractivity contribution in [1.29, 1.82) is 0 Å². The van der Waals surface area contributed by atoms with Crippen molar-refractivity contribution in [2.75, 3.05) is 0 Å². The van der Waals surface area contributed by atoms with Gasteiger partial charge in [0, 0.05) is 40.2 Å². The van der Waals surface area contributed by atoms with E-state index in [9.17, 15) is 38.4 Å². The summed E-state index contributed by atoms with van der Waals surface area (Å²) in [6.07, 6.45) is 30.9. The molecule has 24 heteroatoms. The molecule has 0 spiro atoms. The Morgan fingerprint density at radius 3 is 0.585 bits per heavy atom. The monoisotopic (exact) mass is 2060 g/mol. The van der Waals surface area contributed by atoms with E-state index in [1.165, 1.54) is 189 Å². The fourth-order valence-corrected chi connectivity index (χ4v) is 27.4. The number of allylic oxidation sites excluding steroid dienone is 8. The summed E-state index contributed by atoms with van der Waals surface area (Å²) in [5.74, 6) is -2.01. The van der Waals surface area contributed by atoms with Crippen LogP contribution in [-0.2, 0) is 89.7 Å². The summed E-state index contributed by atoms with van der Waals surface area (Å²) in [6, 6.07) is 36.9. The second kappa shape index (κ2) is 43.2. The summed E-state index contributed by atoms with van der Waals surface area (Å²) in [4.78, 5) is 92.3. The van der Waals surface area contributed by atoms with Gasteiger partial charge in [0.1, 0.15) is 0 Å². The van der Waals surface area contributed by atoms with Gasteiger partial charge in [-0.2, -0.15) is 0 Å². The van der Waals surface area contributed by atoms with E-state index < -0.39 is 0 Å². The predicted molar refractivity (Wildman–Crippen MR) is 577 cm³/mol. The SMILES string of the molecule is Cc1cc(Cl)cc2c1CC1=C2CCCC1C(N)=O.Cc1cc(Cl)cc2c1CC1=C2CCCC1C(N)=O.Cc1cc2c(cc1Cl)C1=C(C2)C(C(N)=O)CCC1.Cc1cc2c(cc1Cl)C1=C(C2)C(C(N)=O)CCC1.Cc1cc2c(cc1Cl)C1=C(C2)C(C(N)=O)CCC1.Cc1cc2c(cc1Cl)C1=C(C2)C(C(N)=O)CCC1.NC(=O)C1CCCC2=C1Cc1ccc(Cl)cc12.NC(=O)C1CCCC2=C1Cc1ccc(Cl)cc12. The van der Waals surface area contributed by atoms with Crippen molar-refractivity contribution in [2.45, 2.75) is 247 Å². The van der Waals surface area contributed by atoms with Crippen molar-refractivity contribution >= 4 is 185 Å². The Kier molecular flexibility index (Phi) is 31.4. The molecule has 0 bridgehead atoms. The third-order valence-corrected chi connectivity index (χ3v) is 35.3. The molecule has 0 aromatic heterocycles. The number of primary amides is 8.